The third-order valence-corrected chi connectivity index (χ3v) is 0.728. The maximum absolute atomic E-state index is 4.90. The first-order chi connectivity index (χ1) is 3.93. The summed E-state index contributed by atoms with van der Waals surface area (Å²) in [5.41, 5.74) is 0.576. The van der Waals surface area contributed by atoms with Gasteiger partial charge in [-0.15, -0.1) is 6.20 Å². The number of nitrogens with zero attached hydrogens (tertiary/aromatic N) is 2. The molecular weight excluding hydrogens is 139 g/mol. The number of rotatable bonds is 1. The molecule has 1 aromatic heterocycles. The molecule has 0 aliphatic carbocycles. The average Bonchev–Trinajstić information content (AvgIpc) is 1.90. The largest absolute Gasteiger partial charge is 1.00 e. The monoisotopic (exact) mass is 143 g/mol. The van der Waals surface area contributed by atoms with Gasteiger partial charge in [-0.25, -0.2) is 0 Å². The van der Waals surface area contributed by atoms with Crippen LogP contribution in [0.1, 0.15) is 0 Å². The van der Waals surface area contributed by atoms with Gasteiger partial charge in [0.1, 0.15) is 0 Å². The molecule has 0 saturated carbocycles. The Labute approximate surface area is 96.8 Å². The van der Waals surface area contributed by atoms with Gasteiger partial charge in [0.25, 0.3) is 0 Å². The molecule has 1 rings (SSSR count). The van der Waals surface area contributed by atoms with E-state index in [1.165, 1.54) is 0 Å². The van der Waals surface area contributed by atoms with Crippen LogP contribution in [-0.2, 0) is 0 Å². The van der Waals surface area contributed by atoms with Gasteiger partial charge in [0.2, 0.25) is 0 Å². The Bertz CT molecular complexity index is 174. The summed E-state index contributed by atoms with van der Waals surface area (Å²) >= 11 is 0. The van der Waals surface area contributed by atoms with Gasteiger partial charge in [-0.1, -0.05) is 6.20 Å². The predicted molar refractivity (Wildman–Crippen MR) is 31.2 cm³/mol. The van der Waals surface area contributed by atoms with Gasteiger partial charge >= 0.3 is 51.4 Å². The van der Waals surface area contributed by atoms with E-state index >= 15 is 0 Å². The van der Waals surface area contributed by atoms with E-state index in [4.69, 9.17) is 6.72 Å². The predicted octanol–water partition coefficient (Wildman–Crippen LogP) is -1.91. The summed E-state index contributed by atoms with van der Waals surface area (Å²) in [7, 11) is 0. The van der Waals surface area contributed by atoms with Crippen LogP contribution in [0.5, 0.6) is 0 Å². The zero-order valence-corrected chi connectivity index (χ0v) is 8.33. The van der Waals surface area contributed by atoms with Crippen molar-refractivity contribution in [3.8, 4) is 0 Å². The van der Waals surface area contributed by atoms with Crippen molar-refractivity contribution in [3.05, 3.63) is 24.5 Å². The molecule has 1 heterocycles. The third-order valence-electron chi connectivity index (χ3n) is 0.728. The van der Waals surface area contributed by atoms with E-state index in [2.05, 4.69) is 16.0 Å². The molecule has 0 bridgehead atoms. The third kappa shape index (κ3) is 3.22. The van der Waals surface area contributed by atoms with E-state index in [9.17, 15) is 0 Å². The molecule has 3 heteroatoms. The van der Waals surface area contributed by atoms with Gasteiger partial charge < -0.3 is 9.98 Å². The van der Waals surface area contributed by atoms with Crippen molar-refractivity contribution in [1.82, 2.24) is 4.98 Å². The minimum Gasteiger partial charge on any atom is -0.484 e. The van der Waals surface area contributed by atoms with Gasteiger partial charge in [-0.2, -0.15) is 18.5 Å². The van der Waals surface area contributed by atoms with Crippen LogP contribution in [0.3, 0.4) is 0 Å². The van der Waals surface area contributed by atoms with Gasteiger partial charge in [-0.3, -0.25) is 6.07 Å². The summed E-state index contributed by atoms with van der Waals surface area (Å²) < 4.78 is 0. The fraction of sp³-hybridized carbons (Fsp3) is 0. The fourth-order valence-corrected chi connectivity index (χ4v) is 0.387. The summed E-state index contributed by atoms with van der Waals surface area (Å²) in [5, 5.41) is 0. The second kappa shape index (κ2) is 5.26. The summed E-state index contributed by atoms with van der Waals surface area (Å²) in [5.74, 6) is 0. The fourth-order valence-electron chi connectivity index (χ4n) is 0.387. The quantitative estimate of drug-likeness (QED) is 0.256. The Morgan fingerprint density at radius 1 is 1.67 bits per heavy atom. The van der Waals surface area contributed by atoms with E-state index < -0.39 is 0 Å². The molecule has 0 amide bonds. The summed E-state index contributed by atoms with van der Waals surface area (Å²) in [4.78, 5) is 7.10. The molecule has 0 aromatic carbocycles. The van der Waals surface area contributed by atoms with Crippen molar-refractivity contribution in [2.75, 3.05) is 0 Å². The molecule has 9 heavy (non-hydrogen) atoms. The Balaban J connectivity index is 0.000000640. The zero-order valence-electron chi connectivity index (χ0n) is 5.20. The normalized spacial score (nSPS) is 7.56. The molecule has 0 atom stereocenters. The molecule has 1 aromatic rings. The van der Waals surface area contributed by atoms with Gasteiger partial charge in [0.05, 0.1) is 0 Å². The van der Waals surface area contributed by atoms with Crippen LogP contribution in [0, 0.1) is 6.07 Å². The first-order valence-corrected chi connectivity index (χ1v) is 2.16. The van der Waals surface area contributed by atoms with Crippen molar-refractivity contribution in [3.63, 3.8) is 0 Å². The van der Waals surface area contributed by atoms with Crippen molar-refractivity contribution >= 4 is 12.4 Å². The molecule has 0 fully saturated rings. The van der Waals surface area contributed by atoms with Crippen molar-refractivity contribution in [2.45, 2.75) is 0 Å². The molecule has 0 radical (unpaired) electrons. The van der Waals surface area contributed by atoms with E-state index in [0.29, 0.717) is 5.69 Å². The van der Waals surface area contributed by atoms with Gasteiger partial charge in [0.15, 0.2) is 0 Å². The van der Waals surface area contributed by atoms with Gasteiger partial charge in [0, 0.05) is 0 Å². The summed E-state index contributed by atoms with van der Waals surface area (Å²) in [6, 6.07) is 4.42. The molecule has 0 aliphatic heterocycles. The number of aromatic nitrogens is 1. The van der Waals surface area contributed by atoms with Crippen LogP contribution in [0.25, 0.3) is 0 Å². The Morgan fingerprint density at radius 2 is 2.44 bits per heavy atom. The number of pyridine rings is 1. The van der Waals surface area contributed by atoms with Crippen LogP contribution in [0.4, 0.5) is 5.69 Å². The molecule has 2 nitrogen and oxygen atoms in total. The SMILES string of the molecule is [CH-]=Nc1[c-]ccnc1.[K+]. The molecule has 0 spiro atoms. The second-order valence-electron chi connectivity index (χ2n) is 1.25. The number of aliphatic imine (C=N–C) groups is 1. The topological polar surface area (TPSA) is 25.2 Å². The first kappa shape index (κ1) is 9.46. The van der Waals surface area contributed by atoms with Crippen LogP contribution in [0.15, 0.2) is 23.5 Å². The number of hydrogen-bond donors (Lipinski definition) is 0. The molecule has 0 saturated heterocycles. The maximum Gasteiger partial charge on any atom is 1.00 e. The van der Waals surface area contributed by atoms with E-state index in [1.54, 1.807) is 18.5 Å². The first-order valence-electron chi connectivity index (χ1n) is 2.16. The van der Waals surface area contributed by atoms with Gasteiger partial charge in [-0.05, 0) is 0 Å². The second-order valence-corrected chi connectivity index (χ2v) is 1.25. The summed E-state index contributed by atoms with van der Waals surface area (Å²) in [6.45, 7) is 4.90. The van der Waals surface area contributed by atoms with Crippen LogP contribution in [-0.4, -0.2) is 11.7 Å². The Hall–Kier alpha value is 0.456. The van der Waals surface area contributed by atoms with E-state index in [0.717, 1.165) is 0 Å². The molecule has 0 unspecified atom stereocenters. The van der Waals surface area contributed by atoms with Crippen LogP contribution >= 0.6 is 0 Å². The summed E-state index contributed by atoms with van der Waals surface area (Å²) in [6.07, 6.45) is 3.16. The zero-order chi connectivity index (χ0) is 5.82. The van der Waals surface area contributed by atoms with E-state index in [1.807, 2.05) is 0 Å². The standard InChI is InChI=1S/C6H4N2.K/c1-7-6-3-2-4-8-5-6;/h1-2,4-5H;/q-2;+1. The van der Waals surface area contributed by atoms with Crippen molar-refractivity contribution < 1.29 is 51.4 Å². The molecule has 40 valence electrons. The Morgan fingerprint density at radius 3 is 2.78 bits per heavy atom. The van der Waals surface area contributed by atoms with Crippen LogP contribution < -0.4 is 51.4 Å². The maximum atomic E-state index is 4.90. The number of hydrogen-bond acceptors (Lipinski definition) is 2. The van der Waals surface area contributed by atoms with Crippen molar-refractivity contribution in [1.29, 1.82) is 0 Å². The molecule has 0 aliphatic rings. The average molecular weight is 143 g/mol. The minimum absolute atomic E-state index is 0. The smallest absolute Gasteiger partial charge is 0.484 e. The van der Waals surface area contributed by atoms with Crippen LogP contribution in [0.2, 0.25) is 0 Å². The van der Waals surface area contributed by atoms with Crippen molar-refractivity contribution in [2.24, 2.45) is 4.99 Å². The Kier molecular flexibility index (Phi) is 5.52. The molecular formula is C6H4KN2-. The minimum atomic E-state index is 0. The van der Waals surface area contributed by atoms with E-state index in [-0.39, 0.29) is 51.4 Å². The molecule has 0 N–H and O–H groups in total.